The van der Waals surface area contributed by atoms with E-state index in [1.807, 2.05) is 6.07 Å². The first kappa shape index (κ1) is 14.2. The van der Waals surface area contributed by atoms with Gasteiger partial charge in [0.2, 0.25) is 0 Å². The Labute approximate surface area is 116 Å². The first-order valence-corrected chi connectivity index (χ1v) is 7.17. The van der Waals surface area contributed by atoms with Gasteiger partial charge in [0, 0.05) is 18.2 Å². The molecule has 0 spiro atoms. The number of phenols is 1. The lowest BCUT2D eigenvalue weighted by Crippen LogP contribution is -2.35. The van der Waals surface area contributed by atoms with E-state index in [0.29, 0.717) is 18.3 Å². The summed E-state index contributed by atoms with van der Waals surface area (Å²) in [5, 5.41) is 13.4. The number of nitrogens with one attached hydrogen (secondary N) is 1. The number of hydrogen-bond donors (Lipinski definition) is 2. The van der Waals surface area contributed by atoms with E-state index >= 15 is 0 Å². The second kappa shape index (κ2) is 6.29. The summed E-state index contributed by atoms with van der Waals surface area (Å²) in [6.45, 7) is 5.36. The molecule has 3 heteroatoms. The monoisotopic (exact) mass is 263 g/mol. The zero-order chi connectivity index (χ0) is 13.8. The van der Waals surface area contributed by atoms with Crippen LogP contribution in [0.25, 0.3) is 0 Å². The fourth-order valence-corrected chi connectivity index (χ4v) is 3.20. The van der Waals surface area contributed by atoms with Gasteiger partial charge in [0.05, 0.1) is 7.11 Å². The van der Waals surface area contributed by atoms with Gasteiger partial charge in [-0.2, -0.15) is 0 Å². The molecule has 2 rings (SSSR count). The minimum absolute atomic E-state index is 0.338. The van der Waals surface area contributed by atoms with Crippen molar-refractivity contribution in [2.75, 3.05) is 7.11 Å². The smallest absolute Gasteiger partial charge is 0.120 e. The highest BCUT2D eigenvalue weighted by molar-refractivity contribution is 5.39. The molecule has 3 nitrogen and oxygen atoms in total. The highest BCUT2D eigenvalue weighted by Gasteiger charge is 2.23. The standard InChI is InChI=1S/C16H25NO2/c1-11-6-12(2)8-14(7-11)17-10-13-9-15(19-3)4-5-16(13)18/h4-5,9,11-12,14,17-18H,6-8,10H2,1-3H3. The van der Waals surface area contributed by atoms with Crippen molar-refractivity contribution < 1.29 is 9.84 Å². The number of hydrogen-bond acceptors (Lipinski definition) is 3. The summed E-state index contributed by atoms with van der Waals surface area (Å²) in [7, 11) is 1.65. The Morgan fingerprint density at radius 1 is 1.21 bits per heavy atom. The van der Waals surface area contributed by atoms with E-state index in [2.05, 4.69) is 19.2 Å². The van der Waals surface area contributed by atoms with Crippen molar-refractivity contribution in [1.29, 1.82) is 0 Å². The van der Waals surface area contributed by atoms with Crippen molar-refractivity contribution in [2.24, 2.45) is 11.8 Å². The average Bonchev–Trinajstić information content (AvgIpc) is 2.37. The van der Waals surface area contributed by atoms with Crippen LogP contribution < -0.4 is 10.1 Å². The third kappa shape index (κ3) is 3.87. The summed E-state index contributed by atoms with van der Waals surface area (Å²) in [4.78, 5) is 0. The number of ether oxygens (including phenoxy) is 1. The predicted molar refractivity (Wildman–Crippen MR) is 77.5 cm³/mol. The van der Waals surface area contributed by atoms with Gasteiger partial charge in [-0.25, -0.2) is 0 Å². The Bertz CT molecular complexity index is 409. The lowest BCUT2D eigenvalue weighted by atomic mass is 9.80. The van der Waals surface area contributed by atoms with Crippen LogP contribution in [0, 0.1) is 11.8 Å². The molecule has 1 fully saturated rings. The Kier molecular flexibility index (Phi) is 4.70. The van der Waals surface area contributed by atoms with Crippen molar-refractivity contribution in [3.05, 3.63) is 23.8 Å². The zero-order valence-electron chi connectivity index (χ0n) is 12.1. The SMILES string of the molecule is COc1ccc(O)c(CNC2CC(C)CC(C)C2)c1. The third-order valence-corrected chi connectivity index (χ3v) is 4.05. The normalized spacial score (nSPS) is 27.2. The molecule has 0 aliphatic heterocycles. The van der Waals surface area contributed by atoms with Crippen LogP contribution in [0.15, 0.2) is 18.2 Å². The molecule has 0 bridgehead atoms. The highest BCUT2D eigenvalue weighted by Crippen LogP contribution is 2.29. The van der Waals surface area contributed by atoms with Gasteiger partial charge in [-0.1, -0.05) is 13.8 Å². The lowest BCUT2D eigenvalue weighted by Gasteiger charge is -2.32. The van der Waals surface area contributed by atoms with Crippen molar-refractivity contribution >= 4 is 0 Å². The Morgan fingerprint density at radius 2 is 1.89 bits per heavy atom. The quantitative estimate of drug-likeness (QED) is 0.875. The lowest BCUT2D eigenvalue weighted by molar-refractivity contribution is 0.237. The first-order chi connectivity index (χ1) is 9.08. The molecule has 19 heavy (non-hydrogen) atoms. The number of aromatic hydroxyl groups is 1. The van der Waals surface area contributed by atoms with Crippen LogP contribution in [0.1, 0.15) is 38.7 Å². The summed E-state index contributed by atoms with van der Waals surface area (Å²) >= 11 is 0. The van der Waals surface area contributed by atoms with Gasteiger partial charge in [-0.15, -0.1) is 0 Å². The van der Waals surface area contributed by atoms with Gasteiger partial charge >= 0.3 is 0 Å². The zero-order valence-corrected chi connectivity index (χ0v) is 12.1. The van der Waals surface area contributed by atoms with E-state index in [9.17, 15) is 5.11 Å². The van der Waals surface area contributed by atoms with E-state index in [1.165, 1.54) is 19.3 Å². The van der Waals surface area contributed by atoms with E-state index in [0.717, 1.165) is 23.1 Å². The van der Waals surface area contributed by atoms with Gasteiger partial charge in [-0.3, -0.25) is 0 Å². The van der Waals surface area contributed by atoms with E-state index in [4.69, 9.17) is 4.74 Å². The van der Waals surface area contributed by atoms with Crippen molar-refractivity contribution in [3.8, 4) is 11.5 Å². The highest BCUT2D eigenvalue weighted by atomic mass is 16.5. The molecule has 0 saturated heterocycles. The van der Waals surface area contributed by atoms with Crippen LogP contribution in [-0.2, 0) is 6.54 Å². The number of rotatable bonds is 4. The molecule has 1 aromatic rings. The van der Waals surface area contributed by atoms with Gasteiger partial charge in [0.25, 0.3) is 0 Å². The maximum atomic E-state index is 9.87. The molecule has 1 aliphatic rings. The van der Waals surface area contributed by atoms with Crippen LogP contribution in [-0.4, -0.2) is 18.3 Å². The summed E-state index contributed by atoms with van der Waals surface area (Å²) in [5.41, 5.74) is 0.908. The molecule has 106 valence electrons. The molecular weight excluding hydrogens is 238 g/mol. The number of benzene rings is 1. The Balaban J connectivity index is 1.94. The summed E-state index contributed by atoms with van der Waals surface area (Å²) in [6.07, 6.45) is 3.80. The molecule has 1 saturated carbocycles. The summed E-state index contributed by atoms with van der Waals surface area (Å²) in [5.74, 6) is 2.71. The molecule has 1 aliphatic carbocycles. The third-order valence-electron chi connectivity index (χ3n) is 4.05. The van der Waals surface area contributed by atoms with E-state index in [1.54, 1.807) is 19.2 Å². The second-order valence-corrected chi connectivity index (χ2v) is 5.99. The fraction of sp³-hybridized carbons (Fsp3) is 0.625. The topological polar surface area (TPSA) is 41.5 Å². The molecule has 1 aromatic carbocycles. The molecule has 0 radical (unpaired) electrons. The Hall–Kier alpha value is -1.22. The average molecular weight is 263 g/mol. The maximum absolute atomic E-state index is 9.87. The van der Waals surface area contributed by atoms with Crippen molar-refractivity contribution in [2.45, 2.75) is 45.7 Å². The predicted octanol–water partition coefficient (Wildman–Crippen LogP) is 3.32. The van der Waals surface area contributed by atoms with Crippen LogP contribution in [0.4, 0.5) is 0 Å². The molecule has 0 heterocycles. The van der Waals surface area contributed by atoms with Gasteiger partial charge in [0.15, 0.2) is 0 Å². The van der Waals surface area contributed by atoms with Crippen LogP contribution >= 0.6 is 0 Å². The maximum Gasteiger partial charge on any atom is 0.120 e. The van der Waals surface area contributed by atoms with Crippen LogP contribution in [0.5, 0.6) is 11.5 Å². The molecule has 2 atom stereocenters. The largest absolute Gasteiger partial charge is 0.508 e. The Morgan fingerprint density at radius 3 is 2.53 bits per heavy atom. The minimum atomic E-state index is 0.338. The van der Waals surface area contributed by atoms with E-state index < -0.39 is 0 Å². The fourth-order valence-electron chi connectivity index (χ4n) is 3.20. The van der Waals surface area contributed by atoms with Crippen LogP contribution in [0.3, 0.4) is 0 Å². The second-order valence-electron chi connectivity index (χ2n) is 5.99. The summed E-state index contributed by atoms with van der Waals surface area (Å²) < 4.78 is 5.20. The van der Waals surface area contributed by atoms with Gasteiger partial charge < -0.3 is 15.2 Å². The van der Waals surface area contributed by atoms with Gasteiger partial charge in [0.1, 0.15) is 11.5 Å². The van der Waals surface area contributed by atoms with E-state index in [-0.39, 0.29) is 0 Å². The minimum Gasteiger partial charge on any atom is -0.508 e. The molecule has 0 amide bonds. The van der Waals surface area contributed by atoms with Crippen LogP contribution in [0.2, 0.25) is 0 Å². The first-order valence-electron chi connectivity index (χ1n) is 7.17. The van der Waals surface area contributed by atoms with Crippen molar-refractivity contribution in [3.63, 3.8) is 0 Å². The number of phenolic OH excluding ortho intramolecular Hbond substituents is 1. The number of methoxy groups -OCH3 is 1. The van der Waals surface area contributed by atoms with Crippen molar-refractivity contribution in [1.82, 2.24) is 5.32 Å². The van der Waals surface area contributed by atoms with Gasteiger partial charge in [-0.05, 0) is 49.3 Å². The molecule has 2 unspecified atom stereocenters. The molecular formula is C16H25NO2. The summed E-state index contributed by atoms with van der Waals surface area (Å²) in [6, 6.07) is 5.94. The molecule has 2 N–H and O–H groups in total. The molecule has 0 aromatic heterocycles.